The Morgan fingerprint density at radius 3 is 1.97 bits per heavy atom. The minimum Gasteiger partial charge on any atom is -0.460 e. The standard InChI is InChI=1S/C28H36N2O7/c1-4-19(2)24(29)25(31)35-20(3)36-27(33)30-17-15-23(16-18-30)37-26(32)28(34,21-11-7-5-8-12-21)22-13-9-6-10-14-22/h5-14,19-20,23-24,34H,4,15-18,29H2,1-3H3/t19-,20?,24-/m0/s1. The quantitative estimate of drug-likeness (QED) is 0.387. The number of amides is 1. The Hall–Kier alpha value is -3.43. The van der Waals surface area contributed by atoms with Gasteiger partial charge in [0.05, 0.1) is 0 Å². The van der Waals surface area contributed by atoms with E-state index >= 15 is 0 Å². The molecule has 0 spiro atoms. The van der Waals surface area contributed by atoms with E-state index in [9.17, 15) is 19.5 Å². The van der Waals surface area contributed by atoms with Gasteiger partial charge in [-0.05, 0) is 17.0 Å². The van der Waals surface area contributed by atoms with Gasteiger partial charge in [0, 0.05) is 32.9 Å². The molecule has 1 amide bonds. The van der Waals surface area contributed by atoms with E-state index in [-0.39, 0.29) is 19.0 Å². The fourth-order valence-electron chi connectivity index (χ4n) is 4.12. The molecule has 9 nitrogen and oxygen atoms in total. The molecule has 1 saturated heterocycles. The molecule has 1 heterocycles. The maximum absolute atomic E-state index is 13.3. The van der Waals surface area contributed by atoms with Gasteiger partial charge in [0.2, 0.25) is 11.9 Å². The summed E-state index contributed by atoms with van der Waals surface area (Å²) in [4.78, 5) is 39.4. The van der Waals surface area contributed by atoms with Gasteiger partial charge >= 0.3 is 18.0 Å². The number of carbonyl (C=O) groups is 3. The Bertz CT molecular complexity index is 1000. The largest absolute Gasteiger partial charge is 0.460 e. The number of carbonyl (C=O) groups excluding carboxylic acids is 3. The van der Waals surface area contributed by atoms with Crippen LogP contribution in [0.1, 0.15) is 51.2 Å². The van der Waals surface area contributed by atoms with Crippen LogP contribution in [0.5, 0.6) is 0 Å². The lowest BCUT2D eigenvalue weighted by atomic mass is 9.86. The van der Waals surface area contributed by atoms with E-state index in [0.29, 0.717) is 24.0 Å². The maximum atomic E-state index is 13.3. The molecular weight excluding hydrogens is 476 g/mol. The van der Waals surface area contributed by atoms with Crippen molar-refractivity contribution in [1.82, 2.24) is 4.90 Å². The molecule has 3 atom stereocenters. The van der Waals surface area contributed by atoms with Crippen LogP contribution < -0.4 is 5.73 Å². The number of esters is 2. The lowest BCUT2D eigenvalue weighted by Crippen LogP contribution is -2.46. The number of ether oxygens (including phenoxy) is 3. The molecule has 1 unspecified atom stereocenters. The van der Waals surface area contributed by atoms with E-state index in [1.807, 2.05) is 13.8 Å². The first kappa shape index (κ1) is 28.1. The normalized spacial score (nSPS) is 16.8. The van der Waals surface area contributed by atoms with Crippen LogP contribution in [0.3, 0.4) is 0 Å². The predicted octanol–water partition coefficient (Wildman–Crippen LogP) is 3.33. The first-order chi connectivity index (χ1) is 17.7. The van der Waals surface area contributed by atoms with Crippen LogP contribution in [0.4, 0.5) is 4.79 Å². The molecule has 1 fully saturated rings. The molecule has 3 rings (SSSR count). The van der Waals surface area contributed by atoms with Gasteiger partial charge in [0.15, 0.2) is 0 Å². The molecule has 2 aromatic rings. The highest BCUT2D eigenvalue weighted by Crippen LogP contribution is 2.32. The van der Waals surface area contributed by atoms with E-state index in [1.54, 1.807) is 60.7 Å². The average Bonchev–Trinajstić information content (AvgIpc) is 2.92. The van der Waals surface area contributed by atoms with Gasteiger partial charge in [-0.3, -0.25) is 4.79 Å². The highest BCUT2D eigenvalue weighted by Gasteiger charge is 2.43. The molecular formula is C28H36N2O7. The zero-order valence-electron chi connectivity index (χ0n) is 21.5. The van der Waals surface area contributed by atoms with Crippen LogP contribution >= 0.6 is 0 Å². The Balaban J connectivity index is 1.55. The number of likely N-dealkylation sites (tertiary alicyclic amines) is 1. The van der Waals surface area contributed by atoms with Crippen molar-refractivity contribution in [2.75, 3.05) is 13.1 Å². The minimum atomic E-state index is -1.96. The molecule has 1 aliphatic heterocycles. The number of piperidine rings is 1. The first-order valence-electron chi connectivity index (χ1n) is 12.6. The number of benzene rings is 2. The first-order valence-corrected chi connectivity index (χ1v) is 12.6. The lowest BCUT2D eigenvalue weighted by molar-refractivity contribution is -0.170. The Kier molecular flexibility index (Phi) is 9.66. The third-order valence-electron chi connectivity index (χ3n) is 6.73. The van der Waals surface area contributed by atoms with Crippen molar-refractivity contribution in [2.24, 2.45) is 11.7 Å². The van der Waals surface area contributed by atoms with E-state index < -0.39 is 42.1 Å². The molecule has 2 aromatic carbocycles. The smallest absolute Gasteiger partial charge is 0.412 e. The van der Waals surface area contributed by atoms with Crippen molar-refractivity contribution in [3.8, 4) is 0 Å². The van der Waals surface area contributed by atoms with E-state index in [0.717, 1.165) is 6.42 Å². The Morgan fingerprint density at radius 1 is 0.973 bits per heavy atom. The second kappa shape index (κ2) is 12.7. The molecule has 0 bridgehead atoms. The zero-order valence-corrected chi connectivity index (χ0v) is 21.5. The average molecular weight is 513 g/mol. The second-order valence-electron chi connectivity index (χ2n) is 9.33. The van der Waals surface area contributed by atoms with Gasteiger partial charge in [0.25, 0.3) is 0 Å². The number of rotatable bonds is 9. The fourth-order valence-corrected chi connectivity index (χ4v) is 4.12. The van der Waals surface area contributed by atoms with Gasteiger partial charge in [-0.25, -0.2) is 9.59 Å². The zero-order chi connectivity index (χ0) is 27.0. The molecule has 0 aromatic heterocycles. The van der Waals surface area contributed by atoms with Crippen molar-refractivity contribution in [2.45, 2.75) is 64.1 Å². The summed E-state index contributed by atoms with van der Waals surface area (Å²) in [5, 5.41) is 11.5. The summed E-state index contributed by atoms with van der Waals surface area (Å²) in [6.07, 6.45) is -0.747. The van der Waals surface area contributed by atoms with Crippen LogP contribution in [0.25, 0.3) is 0 Å². The molecule has 200 valence electrons. The Morgan fingerprint density at radius 2 is 1.49 bits per heavy atom. The van der Waals surface area contributed by atoms with Crippen molar-refractivity contribution >= 4 is 18.0 Å². The third-order valence-corrected chi connectivity index (χ3v) is 6.73. The van der Waals surface area contributed by atoms with Crippen molar-refractivity contribution in [3.05, 3.63) is 71.8 Å². The van der Waals surface area contributed by atoms with E-state index in [2.05, 4.69) is 0 Å². The van der Waals surface area contributed by atoms with E-state index in [1.165, 1.54) is 11.8 Å². The molecule has 3 N–H and O–H groups in total. The number of hydrogen-bond donors (Lipinski definition) is 2. The van der Waals surface area contributed by atoms with Crippen molar-refractivity contribution in [1.29, 1.82) is 0 Å². The SMILES string of the molecule is CC[C@H](C)[C@H](N)C(=O)OC(C)OC(=O)N1CCC(OC(=O)C(O)(c2ccccc2)c2ccccc2)CC1. The summed E-state index contributed by atoms with van der Waals surface area (Å²) in [6, 6.07) is 16.5. The van der Waals surface area contributed by atoms with Gasteiger partial charge in [-0.2, -0.15) is 0 Å². The maximum Gasteiger partial charge on any atom is 0.412 e. The van der Waals surface area contributed by atoms with Crippen LogP contribution in [-0.4, -0.2) is 59.6 Å². The monoisotopic (exact) mass is 512 g/mol. The molecule has 1 aliphatic rings. The highest BCUT2D eigenvalue weighted by atomic mass is 16.7. The summed E-state index contributed by atoms with van der Waals surface area (Å²) in [5.41, 5.74) is 4.72. The van der Waals surface area contributed by atoms with Gasteiger partial charge in [0.1, 0.15) is 12.1 Å². The van der Waals surface area contributed by atoms with Crippen LogP contribution in [-0.2, 0) is 29.4 Å². The fraction of sp³-hybridized carbons (Fsp3) is 0.464. The van der Waals surface area contributed by atoms with Crippen molar-refractivity contribution < 1.29 is 33.7 Å². The van der Waals surface area contributed by atoms with Crippen LogP contribution in [0.2, 0.25) is 0 Å². The third kappa shape index (κ3) is 6.87. The number of nitrogens with zero attached hydrogens (tertiary/aromatic N) is 1. The van der Waals surface area contributed by atoms with Crippen LogP contribution in [0, 0.1) is 5.92 Å². The number of aliphatic hydroxyl groups is 1. The predicted molar refractivity (Wildman–Crippen MR) is 136 cm³/mol. The van der Waals surface area contributed by atoms with Gasteiger partial charge in [-0.1, -0.05) is 80.9 Å². The van der Waals surface area contributed by atoms with Gasteiger partial charge < -0.3 is 30.0 Å². The number of nitrogens with two attached hydrogens (primary N) is 1. The summed E-state index contributed by atoms with van der Waals surface area (Å²) >= 11 is 0. The summed E-state index contributed by atoms with van der Waals surface area (Å²) in [5.74, 6) is -1.45. The van der Waals surface area contributed by atoms with Gasteiger partial charge in [-0.15, -0.1) is 0 Å². The van der Waals surface area contributed by atoms with Crippen LogP contribution in [0.15, 0.2) is 60.7 Å². The summed E-state index contributed by atoms with van der Waals surface area (Å²) in [6.45, 7) is 5.78. The number of hydrogen-bond acceptors (Lipinski definition) is 8. The molecule has 9 heteroatoms. The molecule has 0 radical (unpaired) electrons. The summed E-state index contributed by atoms with van der Waals surface area (Å²) < 4.78 is 16.1. The topological polar surface area (TPSA) is 128 Å². The highest BCUT2D eigenvalue weighted by molar-refractivity contribution is 5.85. The van der Waals surface area contributed by atoms with E-state index in [4.69, 9.17) is 19.9 Å². The molecule has 37 heavy (non-hydrogen) atoms. The molecule has 0 saturated carbocycles. The Labute approximate surface area is 217 Å². The van der Waals surface area contributed by atoms with Crippen molar-refractivity contribution in [3.63, 3.8) is 0 Å². The second-order valence-corrected chi connectivity index (χ2v) is 9.33. The lowest BCUT2D eigenvalue weighted by Gasteiger charge is -2.34. The molecule has 0 aliphatic carbocycles. The summed E-state index contributed by atoms with van der Waals surface area (Å²) in [7, 11) is 0. The minimum absolute atomic E-state index is 0.0569.